The third-order valence-corrected chi connectivity index (χ3v) is 6.43. The predicted octanol–water partition coefficient (Wildman–Crippen LogP) is 5.00. The number of rotatable bonds is 7. The lowest BCUT2D eigenvalue weighted by atomic mass is 9.92. The van der Waals surface area contributed by atoms with Crippen LogP contribution in [0.3, 0.4) is 0 Å². The molecule has 0 saturated carbocycles. The number of hydrogen-bond acceptors (Lipinski definition) is 4. The molecule has 160 valence electrons. The fourth-order valence-corrected chi connectivity index (χ4v) is 4.52. The first kappa shape index (κ1) is 22.2. The number of methoxy groups -OCH3 is 1. The minimum Gasteiger partial charge on any atom is -0.497 e. The van der Waals surface area contributed by atoms with Crippen molar-refractivity contribution in [1.29, 1.82) is 0 Å². The van der Waals surface area contributed by atoms with Crippen LogP contribution in [0.15, 0.2) is 47.4 Å². The Balaban J connectivity index is 1.53. The monoisotopic (exact) mass is 426 g/mol. The maximum Gasteiger partial charge on any atom is 0.254 e. The summed E-state index contributed by atoms with van der Waals surface area (Å²) < 4.78 is 5.21. The summed E-state index contributed by atoms with van der Waals surface area (Å²) in [5.41, 5.74) is 2.57. The van der Waals surface area contributed by atoms with Crippen LogP contribution in [0.2, 0.25) is 0 Å². The molecule has 2 aromatic carbocycles. The summed E-state index contributed by atoms with van der Waals surface area (Å²) in [6.07, 6.45) is 5.28. The fraction of sp³-hybridized carbons (Fsp3) is 0.417. The van der Waals surface area contributed by atoms with Crippen LogP contribution in [0.4, 0.5) is 5.69 Å². The molecule has 0 radical (unpaired) electrons. The first-order chi connectivity index (χ1) is 14.5. The molecular formula is C24H30N2O3S. The minimum atomic E-state index is 0.0134. The number of hydrogen-bond donors (Lipinski definition) is 1. The Morgan fingerprint density at radius 2 is 2.03 bits per heavy atom. The Morgan fingerprint density at radius 3 is 2.77 bits per heavy atom. The quantitative estimate of drug-likeness (QED) is 0.633. The van der Waals surface area contributed by atoms with Crippen LogP contribution in [-0.2, 0) is 4.79 Å². The molecule has 2 aromatic rings. The van der Waals surface area contributed by atoms with E-state index in [2.05, 4.69) is 5.32 Å². The third kappa shape index (κ3) is 5.57. The van der Waals surface area contributed by atoms with E-state index in [4.69, 9.17) is 4.74 Å². The van der Waals surface area contributed by atoms with Gasteiger partial charge in [-0.2, -0.15) is 0 Å². The van der Waals surface area contributed by atoms with Crippen molar-refractivity contribution in [1.82, 2.24) is 4.90 Å². The molecule has 0 bridgehead atoms. The Kier molecular flexibility index (Phi) is 7.80. The number of nitrogens with zero attached hydrogens (tertiary/aromatic N) is 1. The molecule has 3 rings (SSSR count). The van der Waals surface area contributed by atoms with E-state index in [0.717, 1.165) is 59.8 Å². The maximum absolute atomic E-state index is 13.0. The number of nitrogens with one attached hydrogen (secondary N) is 1. The van der Waals surface area contributed by atoms with E-state index in [9.17, 15) is 9.59 Å². The number of anilines is 1. The first-order valence-corrected chi connectivity index (χ1v) is 11.6. The van der Waals surface area contributed by atoms with E-state index in [1.807, 2.05) is 60.5 Å². The van der Waals surface area contributed by atoms with Gasteiger partial charge in [0.25, 0.3) is 5.91 Å². The molecule has 0 aliphatic carbocycles. The highest BCUT2D eigenvalue weighted by molar-refractivity contribution is 7.98. The van der Waals surface area contributed by atoms with Crippen molar-refractivity contribution in [3.05, 3.63) is 53.6 Å². The van der Waals surface area contributed by atoms with Crippen molar-refractivity contribution in [2.45, 2.75) is 37.5 Å². The van der Waals surface area contributed by atoms with Crippen molar-refractivity contribution >= 4 is 29.3 Å². The Hall–Kier alpha value is -2.47. The van der Waals surface area contributed by atoms with Gasteiger partial charge in [0.05, 0.1) is 12.7 Å². The molecule has 1 aliphatic rings. The van der Waals surface area contributed by atoms with Gasteiger partial charge in [0.1, 0.15) is 5.75 Å². The van der Waals surface area contributed by atoms with E-state index in [0.29, 0.717) is 12.3 Å². The van der Waals surface area contributed by atoms with E-state index in [-0.39, 0.29) is 11.8 Å². The zero-order valence-electron chi connectivity index (χ0n) is 17.9. The van der Waals surface area contributed by atoms with Gasteiger partial charge in [-0.25, -0.2) is 0 Å². The molecule has 0 unspecified atom stereocenters. The second-order valence-electron chi connectivity index (χ2n) is 7.73. The van der Waals surface area contributed by atoms with E-state index in [1.165, 1.54) is 0 Å². The largest absolute Gasteiger partial charge is 0.497 e. The van der Waals surface area contributed by atoms with Crippen LogP contribution in [0, 0.1) is 12.8 Å². The van der Waals surface area contributed by atoms with E-state index in [1.54, 1.807) is 18.9 Å². The highest BCUT2D eigenvalue weighted by Gasteiger charge is 2.26. The SMILES string of the molecule is COc1ccc(NC(=O)CC[C@H]2CCCN(C(=O)c3ccccc3SC)C2)c(C)c1. The molecule has 1 N–H and O–H groups in total. The number of piperidine rings is 1. The zero-order chi connectivity index (χ0) is 21.5. The highest BCUT2D eigenvalue weighted by atomic mass is 32.2. The standard InChI is InChI=1S/C24H30N2O3S/c1-17-15-19(29-2)11-12-21(17)25-23(27)13-10-18-7-6-14-26(16-18)24(28)20-8-4-5-9-22(20)30-3/h4-5,8-9,11-12,15,18H,6-7,10,13-14,16H2,1-3H3,(H,25,27)/t18-/m1/s1. The third-order valence-electron chi connectivity index (χ3n) is 5.63. The van der Waals surface area contributed by atoms with Crippen molar-refractivity contribution < 1.29 is 14.3 Å². The molecular weight excluding hydrogens is 396 g/mol. The van der Waals surface area contributed by atoms with Crippen LogP contribution in [0.25, 0.3) is 0 Å². The molecule has 1 aliphatic heterocycles. The number of likely N-dealkylation sites (tertiary alicyclic amines) is 1. The van der Waals surface area contributed by atoms with Crippen LogP contribution in [0.5, 0.6) is 5.75 Å². The average Bonchev–Trinajstić information content (AvgIpc) is 2.78. The number of ether oxygens (including phenoxy) is 1. The fourth-order valence-electron chi connectivity index (χ4n) is 3.93. The lowest BCUT2D eigenvalue weighted by molar-refractivity contribution is -0.116. The van der Waals surface area contributed by atoms with Crippen molar-refractivity contribution in [2.75, 3.05) is 31.8 Å². The van der Waals surface area contributed by atoms with Crippen LogP contribution < -0.4 is 10.1 Å². The molecule has 5 nitrogen and oxygen atoms in total. The number of thioether (sulfide) groups is 1. The molecule has 1 atom stereocenters. The van der Waals surface area contributed by atoms with Gasteiger partial charge in [0, 0.05) is 30.1 Å². The molecule has 2 amide bonds. The highest BCUT2D eigenvalue weighted by Crippen LogP contribution is 2.27. The van der Waals surface area contributed by atoms with Gasteiger partial charge >= 0.3 is 0 Å². The van der Waals surface area contributed by atoms with Crippen LogP contribution in [-0.4, -0.2) is 43.2 Å². The van der Waals surface area contributed by atoms with Gasteiger partial charge < -0.3 is 15.0 Å². The summed E-state index contributed by atoms with van der Waals surface area (Å²) in [7, 11) is 1.63. The summed E-state index contributed by atoms with van der Waals surface area (Å²) in [4.78, 5) is 28.4. The molecule has 30 heavy (non-hydrogen) atoms. The van der Waals surface area contributed by atoms with Gasteiger partial charge in [-0.15, -0.1) is 11.8 Å². The van der Waals surface area contributed by atoms with Gasteiger partial charge in [0.2, 0.25) is 5.91 Å². The molecule has 1 saturated heterocycles. The smallest absolute Gasteiger partial charge is 0.254 e. The predicted molar refractivity (Wildman–Crippen MR) is 122 cm³/mol. The first-order valence-electron chi connectivity index (χ1n) is 10.4. The number of benzene rings is 2. The molecule has 1 fully saturated rings. The lowest BCUT2D eigenvalue weighted by Gasteiger charge is -2.33. The lowest BCUT2D eigenvalue weighted by Crippen LogP contribution is -2.40. The molecule has 6 heteroatoms. The summed E-state index contributed by atoms with van der Waals surface area (Å²) >= 11 is 1.60. The number of carbonyl (C=O) groups is 2. The Bertz CT molecular complexity index is 900. The molecule has 1 heterocycles. The summed E-state index contributed by atoms with van der Waals surface area (Å²) in [5.74, 6) is 1.25. The minimum absolute atomic E-state index is 0.0134. The second-order valence-corrected chi connectivity index (χ2v) is 8.58. The summed E-state index contributed by atoms with van der Waals surface area (Å²) in [6, 6.07) is 13.4. The van der Waals surface area contributed by atoms with Gasteiger partial charge in [-0.05, 0) is 74.3 Å². The van der Waals surface area contributed by atoms with Crippen LogP contribution >= 0.6 is 11.8 Å². The summed E-state index contributed by atoms with van der Waals surface area (Å²) in [6.45, 7) is 3.46. The van der Waals surface area contributed by atoms with E-state index < -0.39 is 0 Å². The zero-order valence-corrected chi connectivity index (χ0v) is 18.8. The van der Waals surface area contributed by atoms with Gasteiger partial charge in [-0.1, -0.05) is 12.1 Å². The number of aryl methyl sites for hydroxylation is 1. The molecule has 0 aromatic heterocycles. The van der Waals surface area contributed by atoms with Crippen molar-refractivity contribution in [3.8, 4) is 5.75 Å². The Morgan fingerprint density at radius 1 is 1.23 bits per heavy atom. The Labute approximate surface area is 183 Å². The number of carbonyl (C=O) groups excluding carboxylic acids is 2. The topological polar surface area (TPSA) is 58.6 Å². The van der Waals surface area contributed by atoms with Crippen LogP contribution in [0.1, 0.15) is 41.6 Å². The summed E-state index contributed by atoms with van der Waals surface area (Å²) in [5, 5.41) is 3.00. The van der Waals surface area contributed by atoms with Gasteiger partial charge in [-0.3, -0.25) is 9.59 Å². The number of amides is 2. The van der Waals surface area contributed by atoms with Crippen molar-refractivity contribution in [3.63, 3.8) is 0 Å². The molecule has 0 spiro atoms. The van der Waals surface area contributed by atoms with Crippen molar-refractivity contribution in [2.24, 2.45) is 5.92 Å². The van der Waals surface area contributed by atoms with E-state index >= 15 is 0 Å². The second kappa shape index (κ2) is 10.5. The average molecular weight is 427 g/mol. The maximum atomic E-state index is 13.0. The van der Waals surface area contributed by atoms with Gasteiger partial charge in [0.15, 0.2) is 0 Å². The normalized spacial score (nSPS) is 16.2.